The van der Waals surface area contributed by atoms with E-state index in [2.05, 4.69) is 0 Å². The maximum absolute atomic E-state index is 12.0. The SMILES string of the molecule is Cc1ccc(Cl)c(C(=O)c2ccsc2)c1. The van der Waals surface area contributed by atoms with Crippen LogP contribution in [0.2, 0.25) is 5.02 Å². The fourth-order valence-corrected chi connectivity index (χ4v) is 2.20. The van der Waals surface area contributed by atoms with Gasteiger partial charge in [0.25, 0.3) is 0 Å². The van der Waals surface area contributed by atoms with Crippen molar-refractivity contribution in [1.82, 2.24) is 0 Å². The van der Waals surface area contributed by atoms with Crippen LogP contribution in [0.1, 0.15) is 21.5 Å². The molecule has 0 bridgehead atoms. The molecular weight excluding hydrogens is 228 g/mol. The van der Waals surface area contributed by atoms with Crippen molar-refractivity contribution in [3.63, 3.8) is 0 Å². The normalized spacial score (nSPS) is 10.3. The van der Waals surface area contributed by atoms with Crippen molar-refractivity contribution in [3.8, 4) is 0 Å². The van der Waals surface area contributed by atoms with E-state index in [1.807, 2.05) is 35.9 Å². The van der Waals surface area contributed by atoms with Gasteiger partial charge in [0.05, 0.1) is 5.02 Å². The fraction of sp³-hybridized carbons (Fsp3) is 0.0833. The highest BCUT2D eigenvalue weighted by molar-refractivity contribution is 7.08. The van der Waals surface area contributed by atoms with Gasteiger partial charge in [-0.2, -0.15) is 11.3 Å². The molecule has 0 saturated heterocycles. The van der Waals surface area contributed by atoms with Crippen molar-refractivity contribution in [2.45, 2.75) is 6.92 Å². The van der Waals surface area contributed by atoms with Gasteiger partial charge in [-0.05, 0) is 30.5 Å². The van der Waals surface area contributed by atoms with Crippen molar-refractivity contribution in [2.75, 3.05) is 0 Å². The molecule has 2 rings (SSSR count). The minimum atomic E-state index is -0.00931. The summed E-state index contributed by atoms with van der Waals surface area (Å²) in [6.07, 6.45) is 0. The molecule has 1 nitrogen and oxygen atoms in total. The largest absolute Gasteiger partial charge is 0.289 e. The van der Waals surface area contributed by atoms with Crippen LogP contribution in [0.15, 0.2) is 35.0 Å². The summed E-state index contributed by atoms with van der Waals surface area (Å²) in [5, 5.41) is 4.23. The number of carbonyl (C=O) groups excluding carboxylic acids is 1. The Hall–Kier alpha value is -1.12. The molecule has 1 heterocycles. The number of hydrogen-bond acceptors (Lipinski definition) is 2. The second-order valence-corrected chi connectivity index (χ2v) is 4.51. The number of ketones is 1. The lowest BCUT2D eigenvalue weighted by atomic mass is 10.0. The highest BCUT2D eigenvalue weighted by Gasteiger charge is 2.12. The molecule has 1 aromatic carbocycles. The number of hydrogen-bond donors (Lipinski definition) is 0. The first-order valence-corrected chi connectivity index (χ1v) is 5.83. The van der Waals surface area contributed by atoms with Crippen LogP contribution in [-0.2, 0) is 0 Å². The van der Waals surface area contributed by atoms with E-state index in [0.717, 1.165) is 5.56 Å². The minimum Gasteiger partial charge on any atom is -0.289 e. The van der Waals surface area contributed by atoms with Crippen LogP contribution in [0.25, 0.3) is 0 Å². The van der Waals surface area contributed by atoms with Crippen LogP contribution in [0.3, 0.4) is 0 Å². The zero-order valence-corrected chi connectivity index (χ0v) is 9.73. The molecule has 0 amide bonds. The van der Waals surface area contributed by atoms with Crippen molar-refractivity contribution in [3.05, 3.63) is 56.7 Å². The first-order chi connectivity index (χ1) is 7.18. The van der Waals surface area contributed by atoms with E-state index >= 15 is 0 Å². The maximum atomic E-state index is 12.0. The number of carbonyl (C=O) groups is 1. The van der Waals surface area contributed by atoms with Gasteiger partial charge in [-0.1, -0.05) is 23.2 Å². The Kier molecular flexibility index (Phi) is 2.89. The van der Waals surface area contributed by atoms with Crippen LogP contribution in [-0.4, -0.2) is 5.78 Å². The predicted molar refractivity (Wildman–Crippen MR) is 63.9 cm³/mol. The van der Waals surface area contributed by atoms with Gasteiger partial charge in [-0.3, -0.25) is 4.79 Å². The molecule has 15 heavy (non-hydrogen) atoms. The van der Waals surface area contributed by atoms with E-state index in [4.69, 9.17) is 11.6 Å². The van der Waals surface area contributed by atoms with Crippen LogP contribution in [0.4, 0.5) is 0 Å². The number of rotatable bonds is 2. The minimum absolute atomic E-state index is 0.00931. The Morgan fingerprint density at radius 2 is 2.13 bits per heavy atom. The standard InChI is InChI=1S/C12H9ClOS/c1-8-2-3-11(13)10(6-8)12(14)9-4-5-15-7-9/h2-7H,1H3. The summed E-state index contributed by atoms with van der Waals surface area (Å²) in [5.74, 6) is -0.00931. The summed E-state index contributed by atoms with van der Waals surface area (Å²) in [4.78, 5) is 12.0. The van der Waals surface area contributed by atoms with Crippen molar-refractivity contribution >= 4 is 28.7 Å². The van der Waals surface area contributed by atoms with Gasteiger partial charge in [0.15, 0.2) is 5.78 Å². The van der Waals surface area contributed by atoms with Crippen LogP contribution >= 0.6 is 22.9 Å². The van der Waals surface area contributed by atoms with Gasteiger partial charge in [-0.25, -0.2) is 0 Å². The molecule has 0 radical (unpaired) electrons. The first-order valence-electron chi connectivity index (χ1n) is 4.51. The lowest BCUT2D eigenvalue weighted by Crippen LogP contribution is -2.00. The third-order valence-electron chi connectivity index (χ3n) is 2.15. The second kappa shape index (κ2) is 4.17. The first kappa shape index (κ1) is 10.4. The molecule has 0 aliphatic heterocycles. The van der Waals surface area contributed by atoms with Gasteiger partial charge in [0.2, 0.25) is 0 Å². The number of aryl methyl sites for hydroxylation is 1. The molecule has 0 atom stereocenters. The van der Waals surface area contributed by atoms with E-state index in [0.29, 0.717) is 16.1 Å². The van der Waals surface area contributed by atoms with E-state index in [9.17, 15) is 4.79 Å². The monoisotopic (exact) mass is 236 g/mol. The fourth-order valence-electron chi connectivity index (χ4n) is 1.36. The molecule has 0 saturated carbocycles. The Labute approximate surface area is 97.3 Å². The molecule has 0 aliphatic carbocycles. The molecule has 0 unspecified atom stereocenters. The quantitative estimate of drug-likeness (QED) is 0.722. The predicted octanol–water partition coefficient (Wildman–Crippen LogP) is 3.94. The third-order valence-corrected chi connectivity index (χ3v) is 3.16. The van der Waals surface area contributed by atoms with Gasteiger partial charge >= 0.3 is 0 Å². The van der Waals surface area contributed by atoms with Crippen LogP contribution in [0.5, 0.6) is 0 Å². The van der Waals surface area contributed by atoms with E-state index in [1.54, 1.807) is 6.07 Å². The number of thiophene rings is 1. The summed E-state index contributed by atoms with van der Waals surface area (Å²) in [6, 6.07) is 7.29. The van der Waals surface area contributed by atoms with Crippen LogP contribution < -0.4 is 0 Å². The molecule has 0 N–H and O–H groups in total. The number of benzene rings is 1. The summed E-state index contributed by atoms with van der Waals surface area (Å²) < 4.78 is 0. The van der Waals surface area contributed by atoms with Crippen molar-refractivity contribution in [1.29, 1.82) is 0 Å². The van der Waals surface area contributed by atoms with Crippen LogP contribution in [0, 0.1) is 6.92 Å². The molecule has 76 valence electrons. The topological polar surface area (TPSA) is 17.1 Å². The average molecular weight is 237 g/mol. The molecule has 3 heteroatoms. The summed E-state index contributed by atoms with van der Waals surface area (Å²) >= 11 is 7.50. The van der Waals surface area contributed by atoms with Gasteiger partial charge in [0.1, 0.15) is 0 Å². The highest BCUT2D eigenvalue weighted by atomic mass is 35.5. The van der Waals surface area contributed by atoms with E-state index < -0.39 is 0 Å². The summed E-state index contributed by atoms with van der Waals surface area (Å²) in [7, 11) is 0. The molecule has 2 aromatic rings. The third kappa shape index (κ3) is 2.11. The molecule has 0 fully saturated rings. The number of halogens is 1. The van der Waals surface area contributed by atoms with E-state index in [1.165, 1.54) is 11.3 Å². The molecular formula is C12H9ClOS. The lowest BCUT2D eigenvalue weighted by Gasteiger charge is -2.02. The average Bonchev–Trinajstić information content (AvgIpc) is 2.74. The van der Waals surface area contributed by atoms with Gasteiger partial charge < -0.3 is 0 Å². The van der Waals surface area contributed by atoms with Gasteiger partial charge in [0, 0.05) is 16.5 Å². The summed E-state index contributed by atoms with van der Waals surface area (Å²) in [6.45, 7) is 1.95. The lowest BCUT2D eigenvalue weighted by molar-refractivity contribution is 0.103. The Bertz CT molecular complexity index is 488. The zero-order valence-electron chi connectivity index (χ0n) is 8.16. The Morgan fingerprint density at radius 3 is 2.80 bits per heavy atom. The Balaban J connectivity index is 2.46. The van der Waals surface area contributed by atoms with Crippen molar-refractivity contribution in [2.24, 2.45) is 0 Å². The van der Waals surface area contributed by atoms with E-state index in [-0.39, 0.29) is 5.78 Å². The molecule has 0 spiro atoms. The molecule has 1 aromatic heterocycles. The highest BCUT2D eigenvalue weighted by Crippen LogP contribution is 2.21. The van der Waals surface area contributed by atoms with Crippen molar-refractivity contribution < 1.29 is 4.79 Å². The Morgan fingerprint density at radius 1 is 1.33 bits per heavy atom. The summed E-state index contributed by atoms with van der Waals surface area (Å²) in [5.41, 5.74) is 2.32. The second-order valence-electron chi connectivity index (χ2n) is 3.32. The maximum Gasteiger partial charge on any atom is 0.195 e. The zero-order chi connectivity index (χ0) is 10.8. The molecule has 0 aliphatic rings. The van der Waals surface area contributed by atoms with Gasteiger partial charge in [-0.15, -0.1) is 0 Å². The smallest absolute Gasteiger partial charge is 0.195 e.